The van der Waals surface area contributed by atoms with E-state index in [2.05, 4.69) is 15.3 Å². The Morgan fingerprint density at radius 1 is 1.21 bits per heavy atom. The quantitative estimate of drug-likeness (QED) is 0.484. The normalized spacial score (nSPS) is 15.8. The van der Waals surface area contributed by atoms with E-state index >= 15 is 0 Å². The first-order valence-corrected chi connectivity index (χ1v) is 11.0. The number of likely N-dealkylation sites (tertiary alicyclic amines) is 1. The van der Waals surface area contributed by atoms with Crippen molar-refractivity contribution in [2.75, 3.05) is 11.9 Å². The molecule has 1 aliphatic rings. The van der Waals surface area contributed by atoms with Crippen LogP contribution in [0.3, 0.4) is 0 Å². The lowest BCUT2D eigenvalue weighted by Gasteiger charge is -2.24. The summed E-state index contributed by atoms with van der Waals surface area (Å²) in [7, 11) is 0. The van der Waals surface area contributed by atoms with Crippen LogP contribution in [0.5, 0.6) is 0 Å². The Hall–Kier alpha value is -4.01. The second-order valence-corrected chi connectivity index (χ2v) is 8.11. The first-order chi connectivity index (χ1) is 16.1. The molecule has 0 aliphatic carbocycles. The van der Waals surface area contributed by atoms with Gasteiger partial charge in [0.15, 0.2) is 5.58 Å². The van der Waals surface area contributed by atoms with Crippen molar-refractivity contribution < 1.29 is 9.21 Å². The largest absolute Gasteiger partial charge is 0.419 e. The zero-order valence-electron chi connectivity index (χ0n) is 18.3. The number of carbonyl (C=O) groups excluding carboxylic acids is 1. The SMILES string of the molecule is Cc1cccnc1Nc1cncc(C2CCCN2C(=O)CCn2c(=O)oc3ccccc32)n1. The maximum atomic E-state index is 13.1. The highest BCUT2D eigenvalue weighted by atomic mass is 16.4. The predicted octanol–water partition coefficient (Wildman–Crippen LogP) is 3.59. The average Bonchev–Trinajstić information content (AvgIpc) is 3.44. The minimum atomic E-state index is -0.448. The molecule has 4 heterocycles. The predicted molar refractivity (Wildman–Crippen MR) is 123 cm³/mol. The molecular formula is C24H24N6O3. The summed E-state index contributed by atoms with van der Waals surface area (Å²) >= 11 is 0. The monoisotopic (exact) mass is 444 g/mol. The minimum Gasteiger partial charge on any atom is -0.408 e. The highest BCUT2D eigenvalue weighted by molar-refractivity contribution is 5.77. The van der Waals surface area contributed by atoms with Gasteiger partial charge in [0.05, 0.1) is 29.6 Å². The third-order valence-electron chi connectivity index (χ3n) is 5.95. The van der Waals surface area contributed by atoms with E-state index in [1.807, 2.05) is 42.2 Å². The Kier molecular flexibility index (Phi) is 5.60. The van der Waals surface area contributed by atoms with Crippen LogP contribution in [0.2, 0.25) is 0 Å². The standard InChI is InChI=1S/C24H24N6O3/c1-16-6-4-11-26-23(16)28-21-15-25-14-17(27-21)18-8-5-12-29(18)22(31)10-13-30-19-7-2-3-9-20(19)33-24(30)32/h2-4,6-7,9,11,14-15,18H,5,8,10,12-13H2,1H3,(H,26,27,28). The molecular weight excluding hydrogens is 420 g/mol. The molecule has 0 spiro atoms. The number of nitrogens with one attached hydrogen (secondary N) is 1. The number of benzene rings is 1. The molecule has 9 nitrogen and oxygen atoms in total. The summed E-state index contributed by atoms with van der Waals surface area (Å²) in [6, 6.07) is 10.9. The number of fused-ring (bicyclic) bond motifs is 1. The fraction of sp³-hybridized carbons (Fsp3) is 0.292. The zero-order chi connectivity index (χ0) is 22.8. The van der Waals surface area contributed by atoms with Gasteiger partial charge in [0.25, 0.3) is 0 Å². The van der Waals surface area contributed by atoms with E-state index in [1.165, 1.54) is 4.57 Å². The first kappa shape index (κ1) is 20.9. The van der Waals surface area contributed by atoms with Crippen LogP contribution in [-0.4, -0.2) is 36.9 Å². The van der Waals surface area contributed by atoms with E-state index in [0.717, 1.165) is 29.9 Å². The Bertz CT molecular complexity index is 1360. The summed E-state index contributed by atoms with van der Waals surface area (Å²) in [5.74, 6) is 0.845. The molecule has 1 aromatic carbocycles. The van der Waals surface area contributed by atoms with Crippen molar-refractivity contribution >= 4 is 28.6 Å². The van der Waals surface area contributed by atoms with E-state index in [9.17, 15) is 9.59 Å². The van der Waals surface area contributed by atoms with Crippen molar-refractivity contribution in [3.63, 3.8) is 0 Å². The molecule has 168 valence electrons. The highest BCUT2D eigenvalue weighted by Crippen LogP contribution is 2.32. The summed E-state index contributed by atoms with van der Waals surface area (Å²) in [6.07, 6.45) is 7.00. The summed E-state index contributed by atoms with van der Waals surface area (Å²) in [4.78, 5) is 40.5. The van der Waals surface area contributed by atoms with Gasteiger partial charge in [-0.2, -0.15) is 0 Å². The third kappa shape index (κ3) is 4.21. The minimum absolute atomic E-state index is 0.0181. The molecule has 9 heteroatoms. The number of aromatic nitrogens is 4. The van der Waals surface area contributed by atoms with Crippen molar-refractivity contribution in [3.05, 3.63) is 76.8 Å². The van der Waals surface area contributed by atoms with E-state index in [0.29, 0.717) is 23.5 Å². The van der Waals surface area contributed by atoms with Gasteiger partial charge in [-0.25, -0.2) is 14.8 Å². The molecule has 1 saturated heterocycles. The lowest BCUT2D eigenvalue weighted by molar-refractivity contribution is -0.132. The number of anilines is 2. The van der Waals surface area contributed by atoms with Crippen molar-refractivity contribution in [3.8, 4) is 0 Å². The number of hydrogen-bond acceptors (Lipinski definition) is 7. The van der Waals surface area contributed by atoms with Crippen LogP contribution < -0.4 is 11.1 Å². The fourth-order valence-corrected chi connectivity index (χ4v) is 4.29. The number of carbonyl (C=O) groups is 1. The molecule has 1 atom stereocenters. The summed E-state index contributed by atoms with van der Waals surface area (Å²) in [5.41, 5.74) is 2.97. The molecule has 1 amide bonds. The van der Waals surface area contributed by atoms with Crippen LogP contribution >= 0.6 is 0 Å². The van der Waals surface area contributed by atoms with Gasteiger partial charge < -0.3 is 14.6 Å². The van der Waals surface area contributed by atoms with E-state index in [1.54, 1.807) is 24.7 Å². The number of oxazole rings is 1. The number of amides is 1. The number of para-hydroxylation sites is 2. The molecule has 1 aliphatic heterocycles. The van der Waals surface area contributed by atoms with Crippen LogP contribution in [0, 0.1) is 6.92 Å². The fourth-order valence-electron chi connectivity index (χ4n) is 4.29. The number of rotatable bonds is 6. The summed E-state index contributed by atoms with van der Waals surface area (Å²) < 4.78 is 6.78. The van der Waals surface area contributed by atoms with Crippen molar-refractivity contribution in [1.29, 1.82) is 0 Å². The van der Waals surface area contributed by atoms with Gasteiger partial charge in [-0.3, -0.25) is 14.3 Å². The Labute approximate surface area is 190 Å². The van der Waals surface area contributed by atoms with E-state index in [4.69, 9.17) is 9.40 Å². The Morgan fingerprint density at radius 3 is 2.97 bits per heavy atom. The van der Waals surface area contributed by atoms with Gasteiger partial charge in [-0.1, -0.05) is 18.2 Å². The van der Waals surface area contributed by atoms with E-state index in [-0.39, 0.29) is 24.9 Å². The lowest BCUT2D eigenvalue weighted by Crippen LogP contribution is -2.32. The number of hydrogen-bond donors (Lipinski definition) is 1. The molecule has 0 radical (unpaired) electrons. The topological polar surface area (TPSA) is 106 Å². The van der Waals surface area contributed by atoms with E-state index < -0.39 is 5.76 Å². The first-order valence-electron chi connectivity index (χ1n) is 11.0. The molecule has 33 heavy (non-hydrogen) atoms. The Balaban J connectivity index is 1.31. The third-order valence-corrected chi connectivity index (χ3v) is 5.95. The van der Waals surface area contributed by atoms with Crippen LogP contribution in [0.4, 0.5) is 11.6 Å². The Morgan fingerprint density at radius 2 is 2.09 bits per heavy atom. The lowest BCUT2D eigenvalue weighted by atomic mass is 10.1. The summed E-state index contributed by atoms with van der Waals surface area (Å²) in [6.45, 7) is 2.89. The van der Waals surface area contributed by atoms with Crippen molar-refractivity contribution in [2.45, 2.75) is 38.8 Å². The molecule has 4 aromatic rings. The maximum absolute atomic E-state index is 13.1. The molecule has 1 N–H and O–H groups in total. The molecule has 1 fully saturated rings. The number of nitrogens with zero attached hydrogens (tertiary/aromatic N) is 5. The van der Waals surface area contributed by atoms with Gasteiger partial charge in [-0.15, -0.1) is 0 Å². The smallest absolute Gasteiger partial charge is 0.408 e. The molecule has 0 bridgehead atoms. The van der Waals surface area contributed by atoms with Gasteiger partial charge in [0.1, 0.15) is 11.6 Å². The highest BCUT2D eigenvalue weighted by Gasteiger charge is 2.31. The second-order valence-electron chi connectivity index (χ2n) is 8.11. The van der Waals surface area contributed by atoms with Gasteiger partial charge in [0.2, 0.25) is 5.91 Å². The van der Waals surface area contributed by atoms with Gasteiger partial charge in [0, 0.05) is 25.7 Å². The van der Waals surface area contributed by atoms with Crippen molar-refractivity contribution in [2.24, 2.45) is 0 Å². The molecule has 5 rings (SSSR count). The molecule has 3 aromatic heterocycles. The number of pyridine rings is 1. The van der Waals surface area contributed by atoms with Crippen LogP contribution in [0.1, 0.15) is 36.6 Å². The molecule has 1 unspecified atom stereocenters. The molecule has 0 saturated carbocycles. The second kappa shape index (κ2) is 8.85. The van der Waals surface area contributed by atoms with Crippen LogP contribution in [0.25, 0.3) is 11.1 Å². The van der Waals surface area contributed by atoms with Crippen molar-refractivity contribution in [1.82, 2.24) is 24.4 Å². The number of aryl methyl sites for hydroxylation is 2. The summed E-state index contributed by atoms with van der Waals surface area (Å²) in [5, 5.41) is 3.21. The van der Waals surface area contributed by atoms with Gasteiger partial charge in [-0.05, 0) is 43.5 Å². The van der Waals surface area contributed by atoms with Gasteiger partial charge >= 0.3 is 5.76 Å². The average molecular weight is 444 g/mol. The zero-order valence-corrected chi connectivity index (χ0v) is 18.3. The maximum Gasteiger partial charge on any atom is 0.419 e. The van der Waals surface area contributed by atoms with Crippen LogP contribution in [0.15, 0.2) is 64.2 Å². The van der Waals surface area contributed by atoms with Crippen LogP contribution in [-0.2, 0) is 11.3 Å².